The first-order valence-electron chi connectivity index (χ1n) is 9.70. The predicted octanol–water partition coefficient (Wildman–Crippen LogP) is 1.48. The number of aliphatic hydroxyl groups excluding tert-OH is 1. The number of pyridine rings is 1. The van der Waals surface area contributed by atoms with Gasteiger partial charge in [0.2, 0.25) is 0 Å². The molecule has 0 saturated carbocycles. The molecule has 26 heavy (non-hydrogen) atoms. The zero-order valence-electron chi connectivity index (χ0n) is 15.3. The van der Waals surface area contributed by atoms with Crippen molar-refractivity contribution in [1.29, 1.82) is 0 Å². The normalized spacial score (nSPS) is 22.2. The van der Waals surface area contributed by atoms with Crippen LogP contribution in [-0.2, 0) is 0 Å². The fourth-order valence-corrected chi connectivity index (χ4v) is 3.77. The smallest absolute Gasteiger partial charge is 0.317 e. The summed E-state index contributed by atoms with van der Waals surface area (Å²) < 4.78 is 5.92. The molecule has 144 valence electrons. The maximum Gasteiger partial charge on any atom is 0.317 e. The number of nitrogens with one attached hydrogen (secondary N) is 1. The fourth-order valence-electron chi connectivity index (χ4n) is 3.77. The summed E-state index contributed by atoms with van der Waals surface area (Å²) in [6, 6.07) is 4.02. The molecule has 2 N–H and O–H groups in total. The topological polar surface area (TPSA) is 77.9 Å². The van der Waals surface area contributed by atoms with Crippen molar-refractivity contribution in [2.45, 2.75) is 44.2 Å². The summed E-state index contributed by atoms with van der Waals surface area (Å²) in [4.78, 5) is 20.6. The third-order valence-electron chi connectivity index (χ3n) is 5.30. The number of amides is 2. The first-order chi connectivity index (χ1) is 12.8. The van der Waals surface area contributed by atoms with Gasteiger partial charge in [-0.15, -0.1) is 0 Å². The number of urea groups is 1. The van der Waals surface area contributed by atoms with Crippen molar-refractivity contribution in [3.8, 4) is 5.75 Å². The van der Waals surface area contributed by atoms with Gasteiger partial charge < -0.3 is 20.1 Å². The second-order valence-electron chi connectivity index (χ2n) is 7.09. The molecule has 0 radical (unpaired) electrons. The number of ether oxygens (including phenoxy) is 1. The molecule has 0 aliphatic carbocycles. The van der Waals surface area contributed by atoms with Gasteiger partial charge in [-0.05, 0) is 31.5 Å². The molecular weight excluding hydrogens is 332 g/mol. The Balaban J connectivity index is 1.34. The van der Waals surface area contributed by atoms with Gasteiger partial charge in [0.15, 0.2) is 0 Å². The summed E-state index contributed by atoms with van der Waals surface area (Å²) in [6.45, 7) is 4.06. The minimum Gasteiger partial charge on any atom is -0.489 e. The van der Waals surface area contributed by atoms with Crippen LogP contribution in [0.3, 0.4) is 0 Å². The number of aromatic nitrogens is 1. The molecule has 1 atom stereocenters. The number of rotatable bonds is 6. The van der Waals surface area contributed by atoms with Gasteiger partial charge in [-0.2, -0.15) is 0 Å². The van der Waals surface area contributed by atoms with Crippen LogP contribution in [-0.4, -0.2) is 77.4 Å². The molecule has 3 rings (SSSR count). The summed E-state index contributed by atoms with van der Waals surface area (Å²) >= 11 is 0. The molecule has 0 aromatic carbocycles. The Hall–Kier alpha value is -1.86. The van der Waals surface area contributed by atoms with Crippen molar-refractivity contribution in [3.63, 3.8) is 0 Å². The van der Waals surface area contributed by atoms with Crippen molar-refractivity contribution >= 4 is 6.03 Å². The molecule has 0 unspecified atom stereocenters. The number of likely N-dealkylation sites (tertiary alicyclic amines) is 2. The van der Waals surface area contributed by atoms with Gasteiger partial charge in [0.1, 0.15) is 11.9 Å². The van der Waals surface area contributed by atoms with Crippen molar-refractivity contribution in [1.82, 2.24) is 20.1 Å². The van der Waals surface area contributed by atoms with E-state index in [1.165, 1.54) is 12.8 Å². The largest absolute Gasteiger partial charge is 0.489 e. The van der Waals surface area contributed by atoms with Gasteiger partial charge in [-0.3, -0.25) is 9.88 Å². The third kappa shape index (κ3) is 5.32. The second-order valence-corrected chi connectivity index (χ2v) is 7.09. The van der Waals surface area contributed by atoms with E-state index in [9.17, 15) is 9.90 Å². The van der Waals surface area contributed by atoms with Crippen LogP contribution in [0.1, 0.15) is 32.1 Å². The quantitative estimate of drug-likeness (QED) is 0.802. The highest BCUT2D eigenvalue weighted by Gasteiger charge is 2.25. The summed E-state index contributed by atoms with van der Waals surface area (Å²) in [5.74, 6) is 0.787. The Kier molecular flexibility index (Phi) is 7.08. The minimum absolute atomic E-state index is 0.00221. The molecule has 2 amide bonds. The Morgan fingerprint density at radius 2 is 2.12 bits per heavy atom. The lowest BCUT2D eigenvalue weighted by atomic mass is 10.0. The van der Waals surface area contributed by atoms with Crippen LogP contribution in [0.15, 0.2) is 24.5 Å². The molecule has 0 bridgehead atoms. The standard InChI is InChI=1S/C19H30N4O3/c24-15-16-4-1-2-10-22(16)13-9-21-19(25)23-11-6-17(7-12-23)26-18-5-3-8-20-14-18/h3,5,8,14,16-17,24H,1-2,4,6-7,9-13,15H2,(H,21,25)/t16-/m1/s1. The molecule has 2 saturated heterocycles. The lowest BCUT2D eigenvalue weighted by Crippen LogP contribution is -2.49. The van der Waals surface area contributed by atoms with Crippen molar-refractivity contribution in [2.24, 2.45) is 0 Å². The number of carbonyl (C=O) groups excluding carboxylic acids is 1. The summed E-state index contributed by atoms with van der Waals surface area (Å²) in [6.07, 6.45) is 8.67. The highest BCUT2D eigenvalue weighted by atomic mass is 16.5. The molecule has 2 aliphatic rings. The number of carbonyl (C=O) groups is 1. The summed E-state index contributed by atoms with van der Waals surface area (Å²) in [5.41, 5.74) is 0. The van der Waals surface area contributed by atoms with Crippen LogP contribution in [0.25, 0.3) is 0 Å². The Bertz CT molecular complexity index is 549. The zero-order valence-corrected chi connectivity index (χ0v) is 15.3. The highest BCUT2D eigenvalue weighted by Crippen LogP contribution is 2.18. The molecule has 2 fully saturated rings. The maximum absolute atomic E-state index is 12.4. The molecule has 7 heteroatoms. The van der Waals surface area contributed by atoms with E-state index in [2.05, 4.69) is 15.2 Å². The molecule has 0 spiro atoms. The van der Waals surface area contributed by atoms with E-state index < -0.39 is 0 Å². The number of hydrogen-bond acceptors (Lipinski definition) is 5. The van der Waals surface area contributed by atoms with Gasteiger partial charge in [-0.1, -0.05) is 6.42 Å². The average Bonchev–Trinajstić information content (AvgIpc) is 2.69. The number of aliphatic hydroxyl groups is 1. The fraction of sp³-hybridized carbons (Fsp3) is 0.684. The van der Waals surface area contributed by atoms with E-state index in [1.807, 2.05) is 17.0 Å². The Labute approximate surface area is 155 Å². The molecule has 3 heterocycles. The lowest BCUT2D eigenvalue weighted by Gasteiger charge is -2.35. The maximum atomic E-state index is 12.4. The van der Waals surface area contributed by atoms with E-state index in [0.29, 0.717) is 19.6 Å². The molecule has 1 aromatic rings. The van der Waals surface area contributed by atoms with Crippen molar-refractivity contribution < 1.29 is 14.6 Å². The number of nitrogens with zero attached hydrogens (tertiary/aromatic N) is 3. The minimum atomic E-state index is 0.00221. The van der Waals surface area contributed by atoms with Crippen molar-refractivity contribution in [2.75, 3.05) is 39.3 Å². The van der Waals surface area contributed by atoms with E-state index in [-0.39, 0.29) is 24.8 Å². The lowest BCUT2D eigenvalue weighted by molar-refractivity contribution is 0.0893. The SMILES string of the molecule is O=C(NCCN1CCCC[C@@H]1CO)N1CCC(Oc2cccnc2)CC1. The molecule has 7 nitrogen and oxygen atoms in total. The van der Waals surface area contributed by atoms with Gasteiger partial charge in [-0.25, -0.2) is 4.79 Å². The number of piperidine rings is 2. The molecule has 1 aromatic heterocycles. The van der Waals surface area contributed by atoms with Crippen LogP contribution < -0.4 is 10.1 Å². The van der Waals surface area contributed by atoms with Gasteiger partial charge >= 0.3 is 6.03 Å². The van der Waals surface area contributed by atoms with Gasteiger partial charge in [0, 0.05) is 51.3 Å². The van der Waals surface area contributed by atoms with Crippen LogP contribution in [0.4, 0.5) is 4.79 Å². The van der Waals surface area contributed by atoms with Crippen LogP contribution in [0, 0.1) is 0 Å². The summed E-state index contributed by atoms with van der Waals surface area (Å²) in [5, 5.41) is 12.5. The Morgan fingerprint density at radius 3 is 2.85 bits per heavy atom. The van der Waals surface area contributed by atoms with Gasteiger partial charge in [0.05, 0.1) is 12.8 Å². The Morgan fingerprint density at radius 1 is 1.27 bits per heavy atom. The zero-order chi connectivity index (χ0) is 18.2. The van der Waals surface area contributed by atoms with Crippen LogP contribution in [0.2, 0.25) is 0 Å². The van der Waals surface area contributed by atoms with Gasteiger partial charge in [0.25, 0.3) is 0 Å². The van der Waals surface area contributed by atoms with E-state index in [1.54, 1.807) is 12.4 Å². The highest BCUT2D eigenvalue weighted by molar-refractivity contribution is 5.74. The first-order valence-corrected chi connectivity index (χ1v) is 9.70. The third-order valence-corrected chi connectivity index (χ3v) is 5.30. The van der Waals surface area contributed by atoms with Crippen LogP contribution in [0.5, 0.6) is 5.75 Å². The molecular formula is C19H30N4O3. The van der Waals surface area contributed by atoms with Crippen LogP contribution >= 0.6 is 0 Å². The predicted molar refractivity (Wildman–Crippen MR) is 99.2 cm³/mol. The number of hydrogen-bond donors (Lipinski definition) is 2. The molecule has 2 aliphatic heterocycles. The van der Waals surface area contributed by atoms with E-state index >= 15 is 0 Å². The van der Waals surface area contributed by atoms with Crippen molar-refractivity contribution in [3.05, 3.63) is 24.5 Å². The second kappa shape index (κ2) is 9.73. The monoisotopic (exact) mass is 362 g/mol. The first kappa shape index (κ1) is 18.9. The summed E-state index contributed by atoms with van der Waals surface area (Å²) in [7, 11) is 0. The average molecular weight is 362 g/mol. The van der Waals surface area contributed by atoms with E-state index in [0.717, 1.165) is 38.1 Å². The van der Waals surface area contributed by atoms with E-state index in [4.69, 9.17) is 4.74 Å².